The van der Waals surface area contributed by atoms with E-state index in [1.807, 2.05) is 25.1 Å². The molecule has 0 heterocycles. The van der Waals surface area contributed by atoms with E-state index in [-0.39, 0.29) is 0 Å². The average Bonchev–Trinajstić information content (AvgIpc) is 2.32. The van der Waals surface area contributed by atoms with E-state index >= 15 is 0 Å². The summed E-state index contributed by atoms with van der Waals surface area (Å²) in [6.45, 7) is 1.97. The Hall–Kier alpha value is -0.883. The number of methoxy groups -OCH3 is 1. The molecule has 0 bridgehead atoms. The highest BCUT2D eigenvalue weighted by molar-refractivity contribution is 6.76. The molecule has 0 aliphatic heterocycles. The third-order valence-corrected chi connectivity index (χ3v) is 5.22. The third-order valence-electron chi connectivity index (χ3n) is 2.55. The monoisotopic (exact) mass is 242 g/mol. The summed E-state index contributed by atoms with van der Waals surface area (Å²) in [5, 5.41) is 0.850. The maximum Gasteiger partial charge on any atom is 0.540 e. The smallest absolute Gasteiger partial charge is 0.496 e. The van der Waals surface area contributed by atoms with Crippen molar-refractivity contribution in [2.24, 2.45) is 0 Å². The quantitative estimate of drug-likeness (QED) is 0.724. The summed E-state index contributed by atoms with van der Waals surface area (Å²) in [5.41, 5.74) is 1.03. The molecular formula is C11H18O4Si. The van der Waals surface area contributed by atoms with Gasteiger partial charge >= 0.3 is 8.80 Å². The van der Waals surface area contributed by atoms with E-state index in [0.29, 0.717) is 0 Å². The molecule has 1 rings (SSSR count). The Balaban J connectivity index is 3.34. The summed E-state index contributed by atoms with van der Waals surface area (Å²) in [5.74, 6) is 0.764. The number of benzene rings is 1. The molecule has 0 aliphatic rings. The van der Waals surface area contributed by atoms with Gasteiger partial charge in [-0.25, -0.2) is 0 Å². The molecule has 0 aliphatic carbocycles. The van der Waals surface area contributed by atoms with Gasteiger partial charge < -0.3 is 18.0 Å². The molecule has 0 atom stereocenters. The lowest BCUT2D eigenvalue weighted by Gasteiger charge is -2.26. The Kier molecular flexibility index (Phi) is 4.49. The van der Waals surface area contributed by atoms with Crippen molar-refractivity contribution in [3.05, 3.63) is 23.8 Å². The van der Waals surface area contributed by atoms with Crippen LogP contribution in [0.15, 0.2) is 18.2 Å². The van der Waals surface area contributed by atoms with Crippen molar-refractivity contribution in [2.75, 3.05) is 28.4 Å². The first-order chi connectivity index (χ1) is 7.65. The average molecular weight is 242 g/mol. The number of hydrogen-bond donors (Lipinski definition) is 0. The van der Waals surface area contributed by atoms with Gasteiger partial charge in [0.15, 0.2) is 0 Å². The first kappa shape index (κ1) is 13.2. The van der Waals surface area contributed by atoms with Crippen LogP contribution >= 0.6 is 0 Å². The van der Waals surface area contributed by atoms with Crippen molar-refractivity contribution >= 4 is 14.0 Å². The number of ether oxygens (including phenoxy) is 1. The van der Waals surface area contributed by atoms with Gasteiger partial charge in [-0.15, -0.1) is 0 Å². The summed E-state index contributed by atoms with van der Waals surface area (Å²) in [6, 6.07) is 5.82. The molecule has 0 unspecified atom stereocenters. The van der Waals surface area contributed by atoms with E-state index < -0.39 is 8.80 Å². The van der Waals surface area contributed by atoms with Gasteiger partial charge in [0, 0.05) is 21.3 Å². The van der Waals surface area contributed by atoms with Crippen LogP contribution in [0.3, 0.4) is 0 Å². The van der Waals surface area contributed by atoms with Crippen LogP contribution in [0.5, 0.6) is 5.75 Å². The van der Waals surface area contributed by atoms with E-state index in [2.05, 4.69) is 0 Å². The summed E-state index contributed by atoms with van der Waals surface area (Å²) in [7, 11) is 3.57. The predicted molar refractivity (Wildman–Crippen MR) is 64.1 cm³/mol. The lowest BCUT2D eigenvalue weighted by Crippen LogP contribution is -2.55. The predicted octanol–water partition coefficient (Wildman–Crippen LogP) is 1.09. The lowest BCUT2D eigenvalue weighted by molar-refractivity contribution is 0.139. The molecule has 0 radical (unpaired) electrons. The molecule has 4 nitrogen and oxygen atoms in total. The van der Waals surface area contributed by atoms with E-state index in [1.165, 1.54) is 0 Å². The summed E-state index contributed by atoms with van der Waals surface area (Å²) >= 11 is 0. The van der Waals surface area contributed by atoms with Crippen molar-refractivity contribution in [2.45, 2.75) is 6.92 Å². The molecule has 0 fully saturated rings. The second-order valence-electron chi connectivity index (χ2n) is 3.32. The zero-order valence-electron chi connectivity index (χ0n) is 10.4. The maximum absolute atomic E-state index is 5.43. The molecule has 90 valence electrons. The number of rotatable bonds is 5. The van der Waals surface area contributed by atoms with Crippen LogP contribution in [0.25, 0.3) is 0 Å². The fourth-order valence-corrected chi connectivity index (χ4v) is 3.78. The Bertz CT molecular complexity index is 342. The number of hydrogen-bond acceptors (Lipinski definition) is 4. The zero-order valence-corrected chi connectivity index (χ0v) is 11.4. The van der Waals surface area contributed by atoms with Gasteiger partial charge in [-0.3, -0.25) is 0 Å². The highest BCUT2D eigenvalue weighted by atomic mass is 28.4. The minimum Gasteiger partial charge on any atom is -0.496 e. The van der Waals surface area contributed by atoms with Gasteiger partial charge in [-0.2, -0.15) is 0 Å². The molecule has 0 aromatic heterocycles. The fourth-order valence-electron chi connectivity index (χ4n) is 1.74. The third kappa shape index (κ3) is 2.12. The molecule has 0 saturated heterocycles. The first-order valence-corrected chi connectivity index (χ1v) is 6.67. The van der Waals surface area contributed by atoms with Crippen molar-refractivity contribution in [1.82, 2.24) is 0 Å². The van der Waals surface area contributed by atoms with Gasteiger partial charge in [0.25, 0.3) is 0 Å². The molecule has 0 saturated carbocycles. The summed E-state index contributed by atoms with van der Waals surface area (Å²) in [4.78, 5) is 0. The topological polar surface area (TPSA) is 36.9 Å². The van der Waals surface area contributed by atoms with Crippen LogP contribution in [-0.4, -0.2) is 37.2 Å². The summed E-state index contributed by atoms with van der Waals surface area (Å²) < 4.78 is 21.7. The SMILES string of the molecule is COc1c(C)cccc1[Si](OC)(OC)OC. The van der Waals surface area contributed by atoms with Crippen LogP contribution in [-0.2, 0) is 13.3 Å². The Morgan fingerprint density at radius 1 is 0.938 bits per heavy atom. The van der Waals surface area contributed by atoms with Gasteiger partial charge in [-0.05, 0) is 12.5 Å². The molecule has 16 heavy (non-hydrogen) atoms. The van der Waals surface area contributed by atoms with Gasteiger partial charge in [-0.1, -0.05) is 18.2 Å². The van der Waals surface area contributed by atoms with E-state index in [0.717, 1.165) is 16.5 Å². The van der Waals surface area contributed by atoms with Gasteiger partial charge in [0.1, 0.15) is 5.75 Å². The standard InChI is InChI=1S/C11H18O4Si/c1-9-7-6-8-10(11(9)12-2)16(13-3,14-4)15-5/h6-8H,1-5H3. The lowest BCUT2D eigenvalue weighted by atomic mass is 10.2. The minimum atomic E-state index is -2.82. The molecular weight excluding hydrogens is 224 g/mol. The molecule has 1 aromatic rings. The van der Waals surface area contributed by atoms with Gasteiger partial charge in [0.2, 0.25) is 0 Å². The highest BCUT2D eigenvalue weighted by Gasteiger charge is 2.43. The molecule has 0 spiro atoms. The van der Waals surface area contributed by atoms with Crippen molar-refractivity contribution in [3.63, 3.8) is 0 Å². The molecule has 5 heteroatoms. The van der Waals surface area contributed by atoms with Crippen molar-refractivity contribution < 1.29 is 18.0 Å². The number of aryl methyl sites for hydroxylation is 1. The van der Waals surface area contributed by atoms with E-state index in [4.69, 9.17) is 18.0 Å². The van der Waals surface area contributed by atoms with Crippen LogP contribution in [0.2, 0.25) is 0 Å². The molecule has 1 aromatic carbocycles. The van der Waals surface area contributed by atoms with E-state index in [9.17, 15) is 0 Å². The van der Waals surface area contributed by atoms with Crippen molar-refractivity contribution in [3.8, 4) is 5.75 Å². The Morgan fingerprint density at radius 2 is 1.50 bits per heavy atom. The second-order valence-corrected chi connectivity index (χ2v) is 6.20. The van der Waals surface area contributed by atoms with Crippen LogP contribution < -0.4 is 9.92 Å². The molecule has 0 amide bonds. The van der Waals surface area contributed by atoms with E-state index in [1.54, 1.807) is 28.4 Å². The minimum absolute atomic E-state index is 0.764. The Morgan fingerprint density at radius 3 is 1.94 bits per heavy atom. The fraction of sp³-hybridized carbons (Fsp3) is 0.455. The van der Waals surface area contributed by atoms with Gasteiger partial charge in [0.05, 0.1) is 12.3 Å². The highest BCUT2D eigenvalue weighted by Crippen LogP contribution is 2.19. The largest absolute Gasteiger partial charge is 0.540 e. The second kappa shape index (κ2) is 5.45. The summed E-state index contributed by atoms with van der Waals surface area (Å²) in [6.07, 6.45) is 0. The van der Waals surface area contributed by atoms with Crippen LogP contribution in [0.4, 0.5) is 0 Å². The molecule has 0 N–H and O–H groups in total. The normalized spacial score (nSPS) is 11.6. The first-order valence-electron chi connectivity index (χ1n) is 4.94. The maximum atomic E-state index is 5.43. The van der Waals surface area contributed by atoms with Crippen LogP contribution in [0.1, 0.15) is 5.56 Å². The number of para-hydroxylation sites is 1. The zero-order chi connectivity index (χ0) is 12.2. The van der Waals surface area contributed by atoms with Crippen LogP contribution in [0, 0.1) is 6.92 Å². The Labute approximate surface area is 97.5 Å². The van der Waals surface area contributed by atoms with Crippen molar-refractivity contribution in [1.29, 1.82) is 0 Å².